The molecule has 0 atom stereocenters. The summed E-state index contributed by atoms with van der Waals surface area (Å²) in [5, 5.41) is 3.49. The SMILES string of the molecule is CCc1cc(-c2nc(C)c(C(=O)NC)s2)ccn1. The van der Waals surface area contributed by atoms with Gasteiger partial charge in [0.25, 0.3) is 5.91 Å². The number of aryl methyl sites for hydroxylation is 2. The number of carbonyl (C=O) groups excluding carboxylic acids is 1. The molecule has 2 aromatic rings. The molecule has 0 aliphatic carbocycles. The fourth-order valence-corrected chi connectivity index (χ4v) is 2.66. The Balaban J connectivity index is 2.42. The molecule has 4 nitrogen and oxygen atoms in total. The quantitative estimate of drug-likeness (QED) is 0.923. The van der Waals surface area contributed by atoms with Gasteiger partial charge in [-0.05, 0) is 25.5 Å². The molecule has 0 aliphatic heterocycles. The van der Waals surface area contributed by atoms with Gasteiger partial charge in [0.1, 0.15) is 9.88 Å². The number of nitrogens with one attached hydrogen (secondary N) is 1. The van der Waals surface area contributed by atoms with Crippen molar-refractivity contribution in [2.45, 2.75) is 20.3 Å². The Hall–Kier alpha value is -1.75. The van der Waals surface area contributed by atoms with E-state index < -0.39 is 0 Å². The van der Waals surface area contributed by atoms with E-state index in [2.05, 4.69) is 22.2 Å². The van der Waals surface area contributed by atoms with Gasteiger partial charge < -0.3 is 5.32 Å². The van der Waals surface area contributed by atoms with Gasteiger partial charge in [0, 0.05) is 24.5 Å². The number of thiazole rings is 1. The summed E-state index contributed by atoms with van der Waals surface area (Å²) in [6, 6.07) is 3.94. The number of nitrogens with zero attached hydrogens (tertiary/aromatic N) is 2. The third-order valence-corrected chi connectivity index (χ3v) is 3.86. The van der Waals surface area contributed by atoms with Crippen LogP contribution in [0, 0.1) is 6.92 Å². The largest absolute Gasteiger partial charge is 0.354 e. The highest BCUT2D eigenvalue weighted by Crippen LogP contribution is 2.27. The van der Waals surface area contributed by atoms with E-state index in [-0.39, 0.29) is 5.91 Å². The van der Waals surface area contributed by atoms with Gasteiger partial charge in [-0.15, -0.1) is 11.3 Å². The number of hydrogen-bond donors (Lipinski definition) is 1. The van der Waals surface area contributed by atoms with E-state index in [4.69, 9.17) is 0 Å². The van der Waals surface area contributed by atoms with Gasteiger partial charge in [0.2, 0.25) is 0 Å². The number of amides is 1. The molecular weight excluding hydrogens is 246 g/mol. The Morgan fingerprint density at radius 3 is 2.94 bits per heavy atom. The molecule has 0 aromatic carbocycles. The molecule has 2 rings (SSSR count). The number of rotatable bonds is 3. The molecule has 0 fully saturated rings. The molecule has 5 heteroatoms. The molecule has 0 saturated heterocycles. The highest BCUT2D eigenvalue weighted by molar-refractivity contribution is 7.17. The summed E-state index contributed by atoms with van der Waals surface area (Å²) in [7, 11) is 1.63. The lowest BCUT2D eigenvalue weighted by Gasteiger charge is -1.98. The van der Waals surface area contributed by atoms with Crippen molar-refractivity contribution in [2.75, 3.05) is 7.05 Å². The van der Waals surface area contributed by atoms with E-state index in [1.807, 2.05) is 19.1 Å². The minimum atomic E-state index is -0.0824. The molecule has 1 amide bonds. The maximum absolute atomic E-state index is 11.6. The van der Waals surface area contributed by atoms with Gasteiger partial charge in [0.15, 0.2) is 0 Å². The lowest BCUT2D eigenvalue weighted by Crippen LogP contribution is -2.17. The summed E-state index contributed by atoms with van der Waals surface area (Å²) < 4.78 is 0. The van der Waals surface area contributed by atoms with Crippen molar-refractivity contribution in [1.29, 1.82) is 0 Å². The first-order chi connectivity index (χ1) is 8.65. The van der Waals surface area contributed by atoms with Gasteiger partial charge in [-0.1, -0.05) is 6.92 Å². The number of aromatic nitrogens is 2. The highest BCUT2D eigenvalue weighted by atomic mass is 32.1. The number of pyridine rings is 1. The van der Waals surface area contributed by atoms with Crippen LogP contribution in [0.3, 0.4) is 0 Å². The average Bonchev–Trinajstić information content (AvgIpc) is 2.80. The zero-order chi connectivity index (χ0) is 13.1. The van der Waals surface area contributed by atoms with Crippen LogP contribution in [0.1, 0.15) is 28.0 Å². The Kier molecular flexibility index (Phi) is 3.72. The predicted octanol–water partition coefficient (Wildman–Crippen LogP) is 2.44. The molecule has 0 saturated carbocycles. The molecule has 0 unspecified atom stereocenters. The fraction of sp³-hybridized carbons (Fsp3) is 0.308. The van der Waals surface area contributed by atoms with Crippen LogP contribution in [0.25, 0.3) is 10.6 Å². The van der Waals surface area contributed by atoms with Crippen LogP contribution >= 0.6 is 11.3 Å². The normalized spacial score (nSPS) is 10.4. The van der Waals surface area contributed by atoms with Gasteiger partial charge in [-0.2, -0.15) is 0 Å². The van der Waals surface area contributed by atoms with Crippen molar-refractivity contribution >= 4 is 17.2 Å². The second-order valence-corrected chi connectivity index (χ2v) is 4.90. The first-order valence-corrected chi connectivity index (χ1v) is 6.62. The van der Waals surface area contributed by atoms with Gasteiger partial charge in [-0.3, -0.25) is 9.78 Å². The molecule has 18 heavy (non-hydrogen) atoms. The van der Waals surface area contributed by atoms with E-state index in [0.717, 1.165) is 28.4 Å². The summed E-state index contributed by atoms with van der Waals surface area (Å²) in [4.78, 5) is 21.0. The zero-order valence-corrected chi connectivity index (χ0v) is 11.5. The van der Waals surface area contributed by atoms with E-state index in [9.17, 15) is 4.79 Å². The van der Waals surface area contributed by atoms with Crippen LogP contribution in [0.4, 0.5) is 0 Å². The molecule has 94 valence electrons. The van der Waals surface area contributed by atoms with E-state index in [1.165, 1.54) is 11.3 Å². The summed E-state index contributed by atoms with van der Waals surface area (Å²) in [6.07, 6.45) is 2.67. The summed E-state index contributed by atoms with van der Waals surface area (Å²) in [5.74, 6) is -0.0824. The van der Waals surface area contributed by atoms with E-state index in [0.29, 0.717) is 4.88 Å². The molecular formula is C13H15N3OS. The summed E-state index contributed by atoms with van der Waals surface area (Å²) >= 11 is 1.41. The Morgan fingerprint density at radius 2 is 2.28 bits per heavy atom. The average molecular weight is 261 g/mol. The topological polar surface area (TPSA) is 54.9 Å². The van der Waals surface area contributed by atoms with Crippen molar-refractivity contribution in [3.63, 3.8) is 0 Å². The van der Waals surface area contributed by atoms with Crippen molar-refractivity contribution in [1.82, 2.24) is 15.3 Å². The van der Waals surface area contributed by atoms with E-state index >= 15 is 0 Å². The van der Waals surface area contributed by atoms with Crippen molar-refractivity contribution < 1.29 is 4.79 Å². The van der Waals surface area contributed by atoms with Gasteiger partial charge in [-0.25, -0.2) is 4.98 Å². The summed E-state index contributed by atoms with van der Waals surface area (Å²) in [5.41, 5.74) is 2.82. The molecule has 0 spiro atoms. The Morgan fingerprint density at radius 1 is 1.50 bits per heavy atom. The lowest BCUT2D eigenvalue weighted by atomic mass is 10.2. The summed E-state index contributed by atoms with van der Waals surface area (Å²) in [6.45, 7) is 3.92. The molecule has 2 aromatic heterocycles. The lowest BCUT2D eigenvalue weighted by molar-refractivity contribution is 0.0966. The first kappa shape index (κ1) is 12.7. The van der Waals surface area contributed by atoms with Gasteiger partial charge >= 0.3 is 0 Å². The standard InChI is InChI=1S/C13H15N3OS/c1-4-10-7-9(5-6-15-10)13-16-8(2)11(18-13)12(17)14-3/h5-7H,4H2,1-3H3,(H,14,17). The molecule has 2 heterocycles. The minimum Gasteiger partial charge on any atom is -0.354 e. The minimum absolute atomic E-state index is 0.0824. The highest BCUT2D eigenvalue weighted by Gasteiger charge is 2.15. The van der Waals surface area contributed by atoms with Crippen LogP contribution < -0.4 is 5.32 Å². The van der Waals surface area contributed by atoms with Crippen LogP contribution in [0.5, 0.6) is 0 Å². The Bertz CT molecular complexity index is 577. The smallest absolute Gasteiger partial charge is 0.263 e. The van der Waals surface area contributed by atoms with Crippen LogP contribution in [0.2, 0.25) is 0 Å². The van der Waals surface area contributed by atoms with Gasteiger partial charge in [0.05, 0.1) is 5.69 Å². The molecule has 1 N–H and O–H groups in total. The monoisotopic (exact) mass is 261 g/mol. The molecule has 0 bridgehead atoms. The Labute approximate surface area is 110 Å². The third kappa shape index (κ3) is 2.41. The number of hydrogen-bond acceptors (Lipinski definition) is 4. The molecule has 0 radical (unpaired) electrons. The van der Waals surface area contributed by atoms with Crippen LogP contribution in [0.15, 0.2) is 18.3 Å². The maximum Gasteiger partial charge on any atom is 0.263 e. The van der Waals surface area contributed by atoms with E-state index in [1.54, 1.807) is 13.2 Å². The zero-order valence-electron chi connectivity index (χ0n) is 10.7. The second kappa shape index (κ2) is 5.27. The van der Waals surface area contributed by atoms with Crippen molar-refractivity contribution in [3.05, 3.63) is 34.6 Å². The first-order valence-electron chi connectivity index (χ1n) is 5.80. The predicted molar refractivity (Wildman–Crippen MR) is 72.9 cm³/mol. The fourth-order valence-electron chi connectivity index (χ4n) is 1.65. The second-order valence-electron chi connectivity index (χ2n) is 3.90. The van der Waals surface area contributed by atoms with Crippen molar-refractivity contribution in [3.8, 4) is 10.6 Å². The third-order valence-electron chi connectivity index (χ3n) is 2.66. The molecule has 0 aliphatic rings. The number of carbonyl (C=O) groups is 1. The van der Waals surface area contributed by atoms with Crippen LogP contribution in [-0.4, -0.2) is 22.9 Å². The maximum atomic E-state index is 11.6. The van der Waals surface area contributed by atoms with Crippen LogP contribution in [-0.2, 0) is 6.42 Å². The van der Waals surface area contributed by atoms with Crippen molar-refractivity contribution in [2.24, 2.45) is 0 Å².